The Labute approximate surface area is 117 Å². The van der Waals surface area contributed by atoms with Crippen LogP contribution in [-0.4, -0.2) is 17.7 Å². The Morgan fingerprint density at radius 1 is 1.10 bits per heavy atom. The largest absolute Gasteiger partial charge is 0.269 e. The zero-order valence-corrected chi connectivity index (χ0v) is 11.4. The van der Waals surface area contributed by atoms with E-state index in [9.17, 15) is 10.1 Å². The summed E-state index contributed by atoms with van der Waals surface area (Å²) in [6.45, 7) is 1.93. The van der Waals surface area contributed by atoms with Gasteiger partial charge in [0.2, 0.25) is 0 Å². The van der Waals surface area contributed by atoms with Gasteiger partial charge in [0.05, 0.1) is 16.3 Å². The molecule has 0 aliphatic carbocycles. The minimum atomic E-state index is -0.414. The summed E-state index contributed by atoms with van der Waals surface area (Å²) in [5.74, 6) is 0. The number of hydrogen-bond donors (Lipinski definition) is 0. The molecule has 0 spiro atoms. The minimum Gasteiger partial charge on any atom is -0.268 e. The van der Waals surface area contributed by atoms with Crippen molar-refractivity contribution >= 4 is 17.1 Å². The summed E-state index contributed by atoms with van der Waals surface area (Å²) < 4.78 is 0. The molecule has 0 amide bonds. The molecule has 2 rings (SSSR count). The molecule has 5 nitrogen and oxygen atoms in total. The molecule has 2 aromatic carbocycles. The SMILES string of the molecule is CC(=NN(C)c1ccc([N+](=O)[O-])cc1)c1ccccc1. The average Bonchev–Trinajstić information content (AvgIpc) is 2.48. The summed E-state index contributed by atoms with van der Waals surface area (Å²) in [6, 6.07) is 16.2. The van der Waals surface area contributed by atoms with Gasteiger partial charge in [0.15, 0.2) is 0 Å². The van der Waals surface area contributed by atoms with Crippen LogP contribution in [0.5, 0.6) is 0 Å². The molecule has 0 unspecified atom stereocenters. The van der Waals surface area contributed by atoms with Gasteiger partial charge in [-0.15, -0.1) is 0 Å². The molecular formula is C15H15N3O2. The highest BCUT2D eigenvalue weighted by molar-refractivity contribution is 5.99. The van der Waals surface area contributed by atoms with Crippen molar-refractivity contribution in [3.05, 3.63) is 70.3 Å². The van der Waals surface area contributed by atoms with Crippen LogP contribution in [0.4, 0.5) is 11.4 Å². The molecule has 102 valence electrons. The maximum Gasteiger partial charge on any atom is 0.269 e. The molecule has 5 heteroatoms. The van der Waals surface area contributed by atoms with E-state index in [-0.39, 0.29) is 5.69 Å². The minimum absolute atomic E-state index is 0.0749. The molecule has 0 fully saturated rings. The first-order valence-corrected chi connectivity index (χ1v) is 6.17. The van der Waals surface area contributed by atoms with Crippen LogP contribution in [0.1, 0.15) is 12.5 Å². The average molecular weight is 269 g/mol. The lowest BCUT2D eigenvalue weighted by Crippen LogP contribution is -2.12. The van der Waals surface area contributed by atoms with E-state index in [0.29, 0.717) is 0 Å². The van der Waals surface area contributed by atoms with Crippen LogP contribution >= 0.6 is 0 Å². The highest BCUT2D eigenvalue weighted by Crippen LogP contribution is 2.18. The van der Waals surface area contributed by atoms with Crippen molar-refractivity contribution in [2.75, 3.05) is 12.1 Å². The predicted molar refractivity (Wildman–Crippen MR) is 80.2 cm³/mol. The Morgan fingerprint density at radius 3 is 2.25 bits per heavy atom. The van der Waals surface area contributed by atoms with E-state index in [1.54, 1.807) is 17.1 Å². The molecule has 0 aliphatic heterocycles. The number of nitro benzene ring substituents is 1. The molecule has 0 bridgehead atoms. The summed E-state index contributed by atoms with van der Waals surface area (Å²) >= 11 is 0. The topological polar surface area (TPSA) is 58.7 Å². The third-order valence-corrected chi connectivity index (χ3v) is 2.93. The Bertz CT molecular complexity index is 621. The van der Waals surface area contributed by atoms with Crippen LogP contribution in [0.15, 0.2) is 59.7 Å². The van der Waals surface area contributed by atoms with Crippen LogP contribution in [0.25, 0.3) is 0 Å². The Balaban J connectivity index is 2.19. The highest BCUT2D eigenvalue weighted by Gasteiger charge is 2.06. The number of benzene rings is 2. The normalized spacial score (nSPS) is 11.2. The first-order valence-electron chi connectivity index (χ1n) is 6.17. The molecule has 0 saturated carbocycles. The number of nitro groups is 1. The van der Waals surface area contributed by atoms with Crippen molar-refractivity contribution in [3.8, 4) is 0 Å². The smallest absolute Gasteiger partial charge is 0.268 e. The van der Waals surface area contributed by atoms with Crippen LogP contribution in [0.2, 0.25) is 0 Å². The molecule has 2 aromatic rings. The van der Waals surface area contributed by atoms with E-state index in [1.165, 1.54) is 12.1 Å². The Morgan fingerprint density at radius 2 is 1.70 bits per heavy atom. The van der Waals surface area contributed by atoms with E-state index in [0.717, 1.165) is 17.0 Å². The number of non-ortho nitro benzene ring substituents is 1. The van der Waals surface area contributed by atoms with Gasteiger partial charge in [-0.1, -0.05) is 30.3 Å². The standard InChI is InChI=1S/C15H15N3O2/c1-12(13-6-4-3-5-7-13)16-17(2)14-8-10-15(11-9-14)18(19)20/h3-11H,1-2H3. The van der Waals surface area contributed by atoms with Gasteiger partial charge in [-0.3, -0.25) is 15.1 Å². The number of rotatable bonds is 4. The summed E-state index contributed by atoms with van der Waals surface area (Å²) in [5.41, 5.74) is 2.80. The third-order valence-electron chi connectivity index (χ3n) is 2.93. The Kier molecular flexibility index (Phi) is 4.10. The molecule has 0 saturated heterocycles. The molecule has 0 radical (unpaired) electrons. The van der Waals surface area contributed by atoms with Crippen LogP contribution in [-0.2, 0) is 0 Å². The fourth-order valence-electron chi connectivity index (χ4n) is 1.81. The Hall–Kier alpha value is -2.69. The fourth-order valence-corrected chi connectivity index (χ4v) is 1.81. The second kappa shape index (κ2) is 5.97. The van der Waals surface area contributed by atoms with Crippen molar-refractivity contribution in [1.29, 1.82) is 0 Å². The van der Waals surface area contributed by atoms with E-state index in [4.69, 9.17) is 0 Å². The van der Waals surface area contributed by atoms with Crippen LogP contribution in [0.3, 0.4) is 0 Å². The summed E-state index contributed by atoms with van der Waals surface area (Å²) in [5, 5.41) is 16.8. The van der Waals surface area contributed by atoms with Crippen molar-refractivity contribution in [2.45, 2.75) is 6.92 Å². The zero-order chi connectivity index (χ0) is 14.5. The van der Waals surface area contributed by atoms with Gasteiger partial charge in [-0.05, 0) is 24.6 Å². The van der Waals surface area contributed by atoms with Crippen molar-refractivity contribution in [3.63, 3.8) is 0 Å². The second-order valence-electron chi connectivity index (χ2n) is 4.35. The summed E-state index contributed by atoms with van der Waals surface area (Å²) in [4.78, 5) is 10.2. The lowest BCUT2D eigenvalue weighted by atomic mass is 10.1. The first kappa shape index (κ1) is 13.7. The number of hydrogen-bond acceptors (Lipinski definition) is 4. The van der Waals surface area contributed by atoms with Gasteiger partial charge in [-0.2, -0.15) is 5.10 Å². The lowest BCUT2D eigenvalue weighted by molar-refractivity contribution is -0.384. The molecule has 20 heavy (non-hydrogen) atoms. The van der Waals surface area contributed by atoms with E-state index < -0.39 is 4.92 Å². The molecule has 0 aromatic heterocycles. The molecule has 0 atom stereocenters. The maximum atomic E-state index is 10.6. The highest BCUT2D eigenvalue weighted by atomic mass is 16.6. The van der Waals surface area contributed by atoms with E-state index in [2.05, 4.69) is 5.10 Å². The quantitative estimate of drug-likeness (QED) is 0.485. The first-order chi connectivity index (χ1) is 9.58. The molecule has 0 heterocycles. The van der Waals surface area contributed by atoms with Crippen molar-refractivity contribution in [1.82, 2.24) is 0 Å². The van der Waals surface area contributed by atoms with Gasteiger partial charge in [0.1, 0.15) is 0 Å². The van der Waals surface area contributed by atoms with Gasteiger partial charge in [0.25, 0.3) is 5.69 Å². The van der Waals surface area contributed by atoms with E-state index >= 15 is 0 Å². The molecule has 0 N–H and O–H groups in total. The number of hydrazone groups is 1. The lowest BCUT2D eigenvalue weighted by Gasteiger charge is -2.14. The predicted octanol–water partition coefficient (Wildman–Crippen LogP) is 3.46. The van der Waals surface area contributed by atoms with Crippen LogP contribution in [0, 0.1) is 10.1 Å². The maximum absolute atomic E-state index is 10.6. The second-order valence-corrected chi connectivity index (χ2v) is 4.35. The fraction of sp³-hybridized carbons (Fsp3) is 0.133. The number of anilines is 1. The van der Waals surface area contributed by atoms with E-state index in [1.807, 2.05) is 44.3 Å². The third kappa shape index (κ3) is 3.20. The number of nitrogens with zero attached hydrogens (tertiary/aromatic N) is 3. The summed E-state index contributed by atoms with van der Waals surface area (Å²) in [7, 11) is 1.81. The monoisotopic (exact) mass is 269 g/mol. The van der Waals surface area contributed by atoms with Crippen LogP contribution < -0.4 is 5.01 Å². The zero-order valence-electron chi connectivity index (χ0n) is 11.4. The van der Waals surface area contributed by atoms with Gasteiger partial charge in [-0.25, -0.2) is 0 Å². The summed E-state index contributed by atoms with van der Waals surface area (Å²) in [6.07, 6.45) is 0. The van der Waals surface area contributed by atoms with Crippen molar-refractivity contribution in [2.24, 2.45) is 5.10 Å². The molecular weight excluding hydrogens is 254 g/mol. The van der Waals surface area contributed by atoms with Gasteiger partial charge < -0.3 is 0 Å². The molecule has 0 aliphatic rings. The van der Waals surface area contributed by atoms with Crippen molar-refractivity contribution < 1.29 is 4.92 Å². The van der Waals surface area contributed by atoms with Gasteiger partial charge >= 0.3 is 0 Å². The van der Waals surface area contributed by atoms with Gasteiger partial charge in [0, 0.05) is 19.2 Å².